The summed E-state index contributed by atoms with van der Waals surface area (Å²) in [5, 5.41) is 9.23. The highest BCUT2D eigenvalue weighted by molar-refractivity contribution is 9.10. The predicted octanol–water partition coefficient (Wildman–Crippen LogP) is 4.66. The Morgan fingerprint density at radius 3 is 2.68 bits per heavy atom. The van der Waals surface area contributed by atoms with E-state index in [1.165, 1.54) is 12.2 Å². The minimum absolute atomic E-state index is 0.0493. The van der Waals surface area contributed by atoms with Crippen LogP contribution >= 0.6 is 15.9 Å². The van der Waals surface area contributed by atoms with Crippen LogP contribution in [-0.4, -0.2) is 12.6 Å². The van der Waals surface area contributed by atoms with Crippen LogP contribution in [0.5, 0.6) is 5.75 Å². The van der Waals surface area contributed by atoms with Gasteiger partial charge in [0.05, 0.1) is 0 Å². The number of hydrogen-bond acceptors (Lipinski definition) is 4. The SMILES string of the molecule is C=CCOC(=O)/C(C#N)=C/c1cc(Br)ccc1OCc1ccccc1. The van der Waals surface area contributed by atoms with E-state index in [0.29, 0.717) is 17.9 Å². The highest BCUT2D eigenvalue weighted by Crippen LogP contribution is 2.26. The number of carbonyl (C=O) groups excluding carboxylic acids is 1. The molecule has 0 radical (unpaired) electrons. The first-order valence-corrected chi connectivity index (χ1v) is 8.29. The van der Waals surface area contributed by atoms with Gasteiger partial charge in [-0.15, -0.1) is 0 Å². The topological polar surface area (TPSA) is 59.3 Å². The van der Waals surface area contributed by atoms with Gasteiger partial charge in [-0.05, 0) is 29.8 Å². The summed E-state index contributed by atoms with van der Waals surface area (Å²) in [5.41, 5.74) is 1.52. The van der Waals surface area contributed by atoms with Crippen LogP contribution in [0.3, 0.4) is 0 Å². The van der Waals surface area contributed by atoms with Crippen molar-refractivity contribution in [2.24, 2.45) is 0 Å². The second-order valence-electron chi connectivity index (χ2n) is 5.01. The van der Waals surface area contributed by atoms with Crippen molar-refractivity contribution in [2.75, 3.05) is 6.61 Å². The first-order chi connectivity index (χ1) is 12.1. The molecule has 0 unspecified atom stereocenters. The second-order valence-corrected chi connectivity index (χ2v) is 5.93. The van der Waals surface area contributed by atoms with Gasteiger partial charge in [0.25, 0.3) is 0 Å². The third kappa shape index (κ3) is 5.63. The molecular formula is C20H16BrNO3. The second kappa shape index (κ2) is 9.45. The van der Waals surface area contributed by atoms with E-state index >= 15 is 0 Å². The summed E-state index contributed by atoms with van der Waals surface area (Å²) in [5.74, 6) is -0.132. The zero-order chi connectivity index (χ0) is 18.1. The quantitative estimate of drug-likeness (QED) is 0.295. The fourth-order valence-corrected chi connectivity index (χ4v) is 2.38. The average molecular weight is 398 g/mol. The molecule has 0 bridgehead atoms. The molecule has 0 N–H and O–H groups in total. The number of esters is 1. The van der Waals surface area contributed by atoms with Crippen LogP contribution in [0.25, 0.3) is 6.08 Å². The smallest absolute Gasteiger partial charge is 0.349 e. The van der Waals surface area contributed by atoms with Gasteiger partial charge in [0.2, 0.25) is 0 Å². The van der Waals surface area contributed by atoms with E-state index in [1.807, 2.05) is 42.5 Å². The highest BCUT2D eigenvalue weighted by Gasteiger charge is 2.12. The van der Waals surface area contributed by atoms with Gasteiger partial charge in [-0.25, -0.2) is 4.79 Å². The molecule has 0 fully saturated rings. The Kier molecular flexibility index (Phi) is 7.00. The Balaban J connectivity index is 2.25. The number of rotatable bonds is 7. The lowest BCUT2D eigenvalue weighted by Crippen LogP contribution is -2.06. The zero-order valence-corrected chi connectivity index (χ0v) is 15.0. The van der Waals surface area contributed by atoms with Crippen LogP contribution in [0, 0.1) is 11.3 Å². The Labute approximate surface area is 155 Å². The average Bonchev–Trinajstić information content (AvgIpc) is 2.64. The maximum absolute atomic E-state index is 11.9. The molecule has 0 saturated heterocycles. The molecule has 0 atom stereocenters. The number of hydrogen-bond donors (Lipinski definition) is 0. The van der Waals surface area contributed by atoms with E-state index in [1.54, 1.807) is 12.1 Å². The number of nitriles is 1. The van der Waals surface area contributed by atoms with Crippen molar-refractivity contribution < 1.29 is 14.3 Å². The molecule has 126 valence electrons. The first kappa shape index (κ1) is 18.5. The predicted molar refractivity (Wildman–Crippen MR) is 99.7 cm³/mol. The minimum atomic E-state index is -0.698. The number of halogens is 1. The van der Waals surface area contributed by atoms with Crippen molar-refractivity contribution in [1.29, 1.82) is 5.26 Å². The molecule has 4 nitrogen and oxygen atoms in total. The summed E-state index contributed by atoms with van der Waals surface area (Å²) in [6.45, 7) is 3.91. The summed E-state index contributed by atoms with van der Waals surface area (Å²) >= 11 is 3.39. The Bertz CT molecular complexity index is 823. The van der Waals surface area contributed by atoms with Crippen molar-refractivity contribution >= 4 is 28.0 Å². The molecule has 0 amide bonds. The van der Waals surface area contributed by atoms with E-state index in [4.69, 9.17) is 9.47 Å². The fourth-order valence-electron chi connectivity index (χ4n) is 2.00. The lowest BCUT2D eigenvalue weighted by atomic mass is 10.1. The van der Waals surface area contributed by atoms with Crippen LogP contribution in [0.2, 0.25) is 0 Å². The fraction of sp³-hybridized carbons (Fsp3) is 0.100. The van der Waals surface area contributed by atoms with Crippen molar-refractivity contribution in [3.63, 3.8) is 0 Å². The maximum Gasteiger partial charge on any atom is 0.349 e. The van der Waals surface area contributed by atoms with Gasteiger partial charge in [0.1, 0.15) is 30.6 Å². The maximum atomic E-state index is 11.9. The standard InChI is InChI=1S/C20H16BrNO3/c1-2-10-24-20(23)17(13-22)11-16-12-18(21)8-9-19(16)25-14-15-6-4-3-5-7-15/h2-9,11-12H,1,10,14H2/b17-11+. The van der Waals surface area contributed by atoms with Gasteiger partial charge < -0.3 is 9.47 Å². The molecule has 0 aliphatic rings. The van der Waals surface area contributed by atoms with E-state index in [-0.39, 0.29) is 12.2 Å². The van der Waals surface area contributed by atoms with E-state index < -0.39 is 5.97 Å². The summed E-state index contributed by atoms with van der Waals surface area (Å²) in [4.78, 5) is 11.9. The Hall–Kier alpha value is -2.84. The zero-order valence-electron chi connectivity index (χ0n) is 13.4. The third-order valence-corrected chi connectivity index (χ3v) is 3.67. The number of benzene rings is 2. The number of nitrogens with zero attached hydrogens (tertiary/aromatic N) is 1. The normalized spacial score (nSPS) is 10.6. The van der Waals surface area contributed by atoms with Crippen LogP contribution in [0.1, 0.15) is 11.1 Å². The largest absolute Gasteiger partial charge is 0.488 e. The van der Waals surface area contributed by atoms with Crippen LogP contribution in [0.4, 0.5) is 0 Å². The molecule has 0 aliphatic carbocycles. The minimum Gasteiger partial charge on any atom is -0.488 e. The molecule has 2 rings (SSSR count). The van der Waals surface area contributed by atoms with Gasteiger partial charge >= 0.3 is 5.97 Å². The number of carbonyl (C=O) groups is 1. The van der Waals surface area contributed by atoms with Gasteiger partial charge in [0, 0.05) is 10.0 Å². The molecule has 0 aromatic heterocycles. The molecule has 2 aromatic rings. The van der Waals surface area contributed by atoms with E-state index in [9.17, 15) is 10.1 Å². The molecule has 25 heavy (non-hydrogen) atoms. The summed E-state index contributed by atoms with van der Waals surface area (Å²) in [7, 11) is 0. The molecular weight excluding hydrogens is 382 g/mol. The van der Waals surface area contributed by atoms with Crippen molar-refractivity contribution in [1.82, 2.24) is 0 Å². The van der Waals surface area contributed by atoms with Gasteiger partial charge in [-0.2, -0.15) is 5.26 Å². The molecule has 0 saturated carbocycles. The van der Waals surface area contributed by atoms with Crippen LogP contribution in [-0.2, 0) is 16.1 Å². The first-order valence-electron chi connectivity index (χ1n) is 7.50. The number of ether oxygens (including phenoxy) is 2. The lowest BCUT2D eigenvalue weighted by molar-refractivity contribution is -0.137. The monoisotopic (exact) mass is 397 g/mol. The van der Waals surface area contributed by atoms with Gasteiger partial charge in [-0.3, -0.25) is 0 Å². The third-order valence-electron chi connectivity index (χ3n) is 3.18. The van der Waals surface area contributed by atoms with Gasteiger partial charge in [0.15, 0.2) is 0 Å². The van der Waals surface area contributed by atoms with Gasteiger partial charge in [-0.1, -0.05) is 58.9 Å². The molecule has 2 aromatic carbocycles. The summed E-state index contributed by atoms with van der Waals surface area (Å²) in [6, 6.07) is 17.0. The Morgan fingerprint density at radius 1 is 1.24 bits per heavy atom. The van der Waals surface area contributed by atoms with Crippen LogP contribution < -0.4 is 4.74 Å². The molecule has 0 spiro atoms. The highest BCUT2D eigenvalue weighted by atomic mass is 79.9. The summed E-state index contributed by atoms with van der Waals surface area (Å²) in [6.07, 6.45) is 2.90. The van der Waals surface area contributed by atoms with E-state index in [0.717, 1.165) is 10.0 Å². The van der Waals surface area contributed by atoms with Crippen LogP contribution in [0.15, 0.2) is 71.2 Å². The molecule has 0 aliphatic heterocycles. The molecule has 0 heterocycles. The van der Waals surface area contributed by atoms with Crippen molar-refractivity contribution in [3.8, 4) is 11.8 Å². The Morgan fingerprint density at radius 2 is 2.00 bits per heavy atom. The lowest BCUT2D eigenvalue weighted by Gasteiger charge is -2.10. The van der Waals surface area contributed by atoms with E-state index in [2.05, 4.69) is 22.5 Å². The van der Waals surface area contributed by atoms with Crippen molar-refractivity contribution in [3.05, 3.63) is 82.4 Å². The molecule has 5 heteroatoms. The van der Waals surface area contributed by atoms with Crippen molar-refractivity contribution in [2.45, 2.75) is 6.61 Å². The summed E-state index contributed by atoms with van der Waals surface area (Å²) < 4.78 is 11.6.